The minimum Gasteiger partial charge on any atom is -0.396 e. The molecular formula is C17H26N4O2. The highest BCUT2D eigenvalue weighted by atomic mass is 16.3. The molecule has 1 saturated heterocycles. The van der Waals surface area contributed by atoms with Gasteiger partial charge in [-0.1, -0.05) is 0 Å². The van der Waals surface area contributed by atoms with Gasteiger partial charge >= 0.3 is 0 Å². The number of aryl methyl sites for hydroxylation is 2. The van der Waals surface area contributed by atoms with E-state index >= 15 is 0 Å². The maximum atomic E-state index is 9.70. The van der Waals surface area contributed by atoms with Crippen molar-refractivity contribution >= 4 is 5.82 Å². The topological polar surface area (TPSA) is 83.6 Å². The summed E-state index contributed by atoms with van der Waals surface area (Å²) in [6.45, 7) is 7.04. The van der Waals surface area contributed by atoms with Crippen LogP contribution in [0.4, 0.5) is 5.82 Å². The van der Waals surface area contributed by atoms with E-state index in [1.807, 2.05) is 27.0 Å². The summed E-state index contributed by atoms with van der Waals surface area (Å²) in [5.74, 6) is 1.19. The number of hydrogen-bond donors (Lipinski definition) is 2. The molecule has 6 nitrogen and oxygen atoms in total. The van der Waals surface area contributed by atoms with Crippen LogP contribution in [-0.2, 0) is 0 Å². The number of nitriles is 1. The largest absolute Gasteiger partial charge is 0.396 e. The summed E-state index contributed by atoms with van der Waals surface area (Å²) in [6.07, 6.45) is 0. The minimum absolute atomic E-state index is 0.126. The van der Waals surface area contributed by atoms with Crippen LogP contribution in [0.3, 0.4) is 0 Å². The van der Waals surface area contributed by atoms with Gasteiger partial charge in [0.05, 0.1) is 12.2 Å². The first-order valence-corrected chi connectivity index (χ1v) is 8.03. The average Bonchev–Trinajstić information content (AvgIpc) is 2.89. The van der Waals surface area contributed by atoms with Gasteiger partial charge in [-0.05, 0) is 38.4 Å². The third-order valence-corrected chi connectivity index (χ3v) is 4.58. The fraction of sp³-hybridized carbons (Fsp3) is 0.647. The summed E-state index contributed by atoms with van der Waals surface area (Å²) >= 11 is 0. The number of likely N-dealkylation sites (N-methyl/N-ethyl adjacent to an activating group) is 1. The van der Waals surface area contributed by atoms with E-state index in [-0.39, 0.29) is 19.1 Å². The molecule has 2 rings (SSSR count). The van der Waals surface area contributed by atoms with Crippen LogP contribution in [0.25, 0.3) is 0 Å². The smallest absolute Gasteiger partial charge is 0.147 e. The summed E-state index contributed by atoms with van der Waals surface area (Å²) in [5.41, 5.74) is 2.46. The Morgan fingerprint density at radius 1 is 1.35 bits per heavy atom. The molecule has 6 heteroatoms. The van der Waals surface area contributed by atoms with E-state index in [1.165, 1.54) is 0 Å². The van der Waals surface area contributed by atoms with Gasteiger partial charge in [0, 0.05) is 44.4 Å². The first-order chi connectivity index (χ1) is 11.0. The molecular weight excluding hydrogens is 292 g/mol. The van der Waals surface area contributed by atoms with Crippen LogP contribution in [0, 0.1) is 37.0 Å². The van der Waals surface area contributed by atoms with E-state index in [9.17, 15) is 10.4 Å². The third-order valence-electron chi connectivity index (χ3n) is 4.58. The van der Waals surface area contributed by atoms with Gasteiger partial charge < -0.3 is 20.0 Å². The molecule has 0 bridgehead atoms. The summed E-state index contributed by atoms with van der Waals surface area (Å²) in [5, 5.41) is 28.2. The van der Waals surface area contributed by atoms with Crippen molar-refractivity contribution in [3.05, 3.63) is 22.9 Å². The molecule has 126 valence electrons. The summed E-state index contributed by atoms with van der Waals surface area (Å²) in [7, 11) is 1.98. The van der Waals surface area contributed by atoms with E-state index < -0.39 is 0 Å². The molecule has 1 fully saturated rings. The third kappa shape index (κ3) is 3.99. The predicted octanol–water partition coefficient (Wildman–Crippen LogP) is 0.539. The van der Waals surface area contributed by atoms with Gasteiger partial charge in [0.1, 0.15) is 11.9 Å². The number of aromatic nitrogens is 1. The lowest BCUT2D eigenvalue weighted by Gasteiger charge is -2.23. The molecule has 1 aliphatic heterocycles. The zero-order chi connectivity index (χ0) is 17.0. The number of rotatable bonds is 6. The van der Waals surface area contributed by atoms with Crippen LogP contribution < -0.4 is 4.90 Å². The van der Waals surface area contributed by atoms with E-state index in [4.69, 9.17) is 5.11 Å². The number of nitrogens with zero attached hydrogens (tertiary/aromatic N) is 4. The Bertz CT molecular complexity index is 585. The fourth-order valence-electron chi connectivity index (χ4n) is 3.37. The molecule has 1 aromatic heterocycles. The number of hydrogen-bond acceptors (Lipinski definition) is 6. The average molecular weight is 318 g/mol. The Morgan fingerprint density at radius 3 is 2.65 bits per heavy atom. The molecule has 0 spiro atoms. The molecule has 1 aliphatic rings. The Kier molecular flexibility index (Phi) is 5.94. The zero-order valence-electron chi connectivity index (χ0n) is 14.2. The van der Waals surface area contributed by atoms with E-state index in [0.717, 1.165) is 30.2 Å². The molecule has 23 heavy (non-hydrogen) atoms. The SMILES string of the molecule is Cc1cc(C)c(C#N)c(N2C[C@@H](CN(C)CCO)[C@@H](CO)C2)n1. The van der Waals surface area contributed by atoms with Crippen molar-refractivity contribution in [1.29, 1.82) is 5.26 Å². The molecule has 2 atom stereocenters. The second-order valence-electron chi connectivity index (χ2n) is 6.48. The Hall–Kier alpha value is -1.68. The van der Waals surface area contributed by atoms with Crippen molar-refractivity contribution < 1.29 is 10.2 Å². The van der Waals surface area contributed by atoms with E-state index in [2.05, 4.69) is 20.9 Å². The Balaban J connectivity index is 2.21. The van der Waals surface area contributed by atoms with Crippen LogP contribution >= 0.6 is 0 Å². The highest BCUT2D eigenvalue weighted by Crippen LogP contribution is 2.31. The lowest BCUT2D eigenvalue weighted by Crippen LogP contribution is -2.33. The highest BCUT2D eigenvalue weighted by Gasteiger charge is 2.34. The second kappa shape index (κ2) is 7.73. The Labute approximate surface area is 138 Å². The first kappa shape index (κ1) is 17.7. The van der Waals surface area contributed by atoms with Crippen LogP contribution in [0.2, 0.25) is 0 Å². The van der Waals surface area contributed by atoms with Crippen LogP contribution in [0.15, 0.2) is 6.07 Å². The van der Waals surface area contributed by atoms with Crippen LogP contribution in [0.1, 0.15) is 16.8 Å². The van der Waals surface area contributed by atoms with Gasteiger partial charge in [0.2, 0.25) is 0 Å². The maximum Gasteiger partial charge on any atom is 0.147 e. The zero-order valence-corrected chi connectivity index (χ0v) is 14.2. The monoisotopic (exact) mass is 318 g/mol. The molecule has 0 aromatic carbocycles. The second-order valence-corrected chi connectivity index (χ2v) is 6.48. The summed E-state index contributed by atoms with van der Waals surface area (Å²) in [6, 6.07) is 4.19. The molecule has 0 unspecified atom stereocenters. The van der Waals surface area contributed by atoms with Gasteiger partial charge in [-0.2, -0.15) is 5.26 Å². The van der Waals surface area contributed by atoms with E-state index in [1.54, 1.807) is 0 Å². The van der Waals surface area contributed by atoms with Crippen molar-refractivity contribution in [3.63, 3.8) is 0 Å². The lowest BCUT2D eigenvalue weighted by atomic mass is 9.96. The van der Waals surface area contributed by atoms with Gasteiger partial charge in [-0.25, -0.2) is 4.98 Å². The predicted molar refractivity (Wildman–Crippen MR) is 89.3 cm³/mol. The van der Waals surface area contributed by atoms with Crippen molar-refractivity contribution in [2.24, 2.45) is 11.8 Å². The number of aliphatic hydroxyl groups is 2. The van der Waals surface area contributed by atoms with Gasteiger partial charge in [0.25, 0.3) is 0 Å². The lowest BCUT2D eigenvalue weighted by molar-refractivity contribution is 0.160. The first-order valence-electron chi connectivity index (χ1n) is 8.03. The molecule has 0 radical (unpaired) electrons. The molecule has 1 aromatic rings. The van der Waals surface area contributed by atoms with Crippen molar-refractivity contribution in [2.75, 3.05) is 51.3 Å². The highest BCUT2D eigenvalue weighted by molar-refractivity contribution is 5.58. The van der Waals surface area contributed by atoms with Gasteiger partial charge in [-0.15, -0.1) is 0 Å². The Morgan fingerprint density at radius 2 is 2.04 bits per heavy atom. The fourth-order valence-corrected chi connectivity index (χ4v) is 3.37. The molecule has 0 saturated carbocycles. The normalized spacial score (nSPS) is 21.0. The molecule has 0 aliphatic carbocycles. The van der Waals surface area contributed by atoms with E-state index in [0.29, 0.717) is 24.6 Å². The van der Waals surface area contributed by atoms with Gasteiger partial charge in [-0.3, -0.25) is 0 Å². The number of anilines is 1. The van der Waals surface area contributed by atoms with Crippen molar-refractivity contribution in [1.82, 2.24) is 9.88 Å². The van der Waals surface area contributed by atoms with Gasteiger partial charge in [0.15, 0.2) is 0 Å². The van der Waals surface area contributed by atoms with Crippen LogP contribution in [0.5, 0.6) is 0 Å². The minimum atomic E-state index is 0.126. The van der Waals surface area contributed by atoms with Crippen molar-refractivity contribution in [2.45, 2.75) is 13.8 Å². The molecule has 2 heterocycles. The molecule has 0 amide bonds. The maximum absolute atomic E-state index is 9.70. The summed E-state index contributed by atoms with van der Waals surface area (Å²) < 4.78 is 0. The summed E-state index contributed by atoms with van der Waals surface area (Å²) in [4.78, 5) is 8.78. The standard InChI is InChI=1S/C17H26N4O2/c1-12-6-13(2)19-17(16(12)7-18)21-9-14(15(10-21)11-23)8-20(3)4-5-22/h6,14-15,22-23H,4-5,8-11H2,1-3H3/t14-,15-/m1/s1. The quantitative estimate of drug-likeness (QED) is 0.796. The number of aliphatic hydroxyl groups excluding tert-OH is 2. The van der Waals surface area contributed by atoms with Crippen molar-refractivity contribution in [3.8, 4) is 6.07 Å². The van der Waals surface area contributed by atoms with Crippen LogP contribution in [-0.4, -0.2) is 66.5 Å². The number of pyridine rings is 1. The molecule has 2 N–H and O–H groups in total.